The van der Waals surface area contributed by atoms with Gasteiger partial charge in [0.05, 0.1) is 17.9 Å². The van der Waals surface area contributed by atoms with Crippen molar-refractivity contribution in [1.29, 1.82) is 0 Å². The highest BCUT2D eigenvalue weighted by atomic mass is 19.1. The number of hydrogen-bond donors (Lipinski definition) is 0. The van der Waals surface area contributed by atoms with E-state index < -0.39 is 11.6 Å². The normalized spacial score (nSPS) is 16.1. The summed E-state index contributed by atoms with van der Waals surface area (Å²) >= 11 is 0. The molecule has 5 rings (SSSR count). The predicted octanol–water partition coefficient (Wildman–Crippen LogP) is 3.07. The molecule has 4 heterocycles. The Morgan fingerprint density at radius 1 is 1.06 bits per heavy atom. The summed E-state index contributed by atoms with van der Waals surface area (Å²) in [6, 6.07) is 6.68. The van der Waals surface area contributed by atoms with E-state index >= 15 is 0 Å². The number of nitrogens with zero attached hydrogens (tertiary/aromatic N) is 5. The molecule has 3 aromatic rings. The molecule has 36 heavy (non-hydrogen) atoms. The van der Waals surface area contributed by atoms with Crippen LogP contribution in [0.4, 0.5) is 14.6 Å². The topological polar surface area (TPSA) is 80.6 Å². The summed E-state index contributed by atoms with van der Waals surface area (Å²) in [6.07, 6.45) is 3.31. The van der Waals surface area contributed by atoms with Crippen LogP contribution in [0.3, 0.4) is 0 Å². The van der Waals surface area contributed by atoms with Crippen molar-refractivity contribution in [2.45, 2.75) is 38.8 Å². The van der Waals surface area contributed by atoms with Gasteiger partial charge in [-0.3, -0.25) is 9.59 Å². The summed E-state index contributed by atoms with van der Waals surface area (Å²) in [6.45, 7) is 3.70. The molecule has 0 bridgehead atoms. The number of halogens is 2. The Morgan fingerprint density at radius 2 is 1.83 bits per heavy atom. The molecule has 8 nitrogen and oxygen atoms in total. The van der Waals surface area contributed by atoms with Gasteiger partial charge in [-0.05, 0) is 18.2 Å². The molecule has 1 saturated heterocycles. The van der Waals surface area contributed by atoms with Gasteiger partial charge in [0.1, 0.15) is 17.6 Å². The zero-order valence-electron chi connectivity index (χ0n) is 20.2. The quantitative estimate of drug-likeness (QED) is 0.554. The van der Waals surface area contributed by atoms with Crippen LogP contribution in [0.25, 0.3) is 11.3 Å². The van der Waals surface area contributed by atoms with Crippen LogP contribution in [-0.4, -0.2) is 51.1 Å². The molecule has 0 atom stereocenters. The fourth-order valence-electron chi connectivity index (χ4n) is 4.64. The minimum absolute atomic E-state index is 0.0127. The summed E-state index contributed by atoms with van der Waals surface area (Å²) in [4.78, 5) is 38.0. The first-order valence-electron chi connectivity index (χ1n) is 12.0. The lowest BCUT2D eigenvalue weighted by Crippen LogP contribution is -2.40. The second-order valence-electron chi connectivity index (χ2n) is 9.22. The first-order chi connectivity index (χ1) is 17.3. The molecule has 1 amide bonds. The van der Waals surface area contributed by atoms with E-state index in [1.807, 2.05) is 6.07 Å². The molecule has 0 spiro atoms. The number of hydrogen-bond acceptors (Lipinski definition) is 6. The molecule has 0 N–H and O–H groups in total. The summed E-state index contributed by atoms with van der Waals surface area (Å²) in [5.41, 5.74) is 2.69. The molecule has 0 aliphatic carbocycles. The molecule has 10 heteroatoms. The Kier molecular flexibility index (Phi) is 6.42. The number of anilines is 1. The zero-order chi connectivity index (χ0) is 25.4. The standard InChI is InChI=1S/C26H27F2N5O3/c1-16(34)33-12-8-21-22(15-33)29-25(17-5-9-31(2)24(35)13-17)26(30-21)32-10-6-19(7-11-32)36-23-4-3-18(27)14-20(23)28/h3-5,9,13-14,19H,6-8,10-12,15H2,1-2H3. The van der Waals surface area contributed by atoms with Crippen molar-refractivity contribution in [2.75, 3.05) is 24.5 Å². The Bertz CT molecular complexity index is 1370. The monoisotopic (exact) mass is 495 g/mol. The van der Waals surface area contributed by atoms with Crippen LogP contribution >= 0.6 is 0 Å². The van der Waals surface area contributed by atoms with Crippen molar-refractivity contribution < 1.29 is 18.3 Å². The molecule has 0 unspecified atom stereocenters. The number of piperidine rings is 1. The number of rotatable bonds is 4. The molecule has 2 aliphatic heterocycles. The lowest BCUT2D eigenvalue weighted by molar-refractivity contribution is -0.129. The molecule has 2 aliphatic rings. The number of carbonyl (C=O) groups excluding carboxylic acids is 1. The predicted molar refractivity (Wildman–Crippen MR) is 130 cm³/mol. The number of pyridine rings is 1. The average Bonchev–Trinajstić information content (AvgIpc) is 2.86. The van der Waals surface area contributed by atoms with E-state index in [9.17, 15) is 18.4 Å². The van der Waals surface area contributed by atoms with Gasteiger partial charge in [-0.25, -0.2) is 18.7 Å². The van der Waals surface area contributed by atoms with E-state index in [1.165, 1.54) is 16.7 Å². The fraction of sp³-hybridized carbons (Fsp3) is 0.385. The van der Waals surface area contributed by atoms with Gasteiger partial charge < -0.3 is 19.1 Å². The van der Waals surface area contributed by atoms with E-state index in [0.29, 0.717) is 62.5 Å². The van der Waals surface area contributed by atoms with E-state index in [2.05, 4.69) is 4.90 Å². The third kappa shape index (κ3) is 4.80. The van der Waals surface area contributed by atoms with Crippen LogP contribution in [0.1, 0.15) is 31.2 Å². The molecule has 1 fully saturated rings. The molecule has 2 aromatic heterocycles. The van der Waals surface area contributed by atoms with Crippen molar-refractivity contribution in [3.8, 4) is 17.0 Å². The smallest absolute Gasteiger partial charge is 0.250 e. The maximum atomic E-state index is 14.0. The van der Waals surface area contributed by atoms with Crippen LogP contribution in [-0.2, 0) is 24.8 Å². The molecule has 1 aromatic carbocycles. The first kappa shape index (κ1) is 23.9. The molecule has 0 saturated carbocycles. The molecular weight excluding hydrogens is 468 g/mol. The maximum absolute atomic E-state index is 14.0. The highest BCUT2D eigenvalue weighted by Crippen LogP contribution is 2.32. The summed E-state index contributed by atoms with van der Waals surface area (Å²) < 4.78 is 34.6. The number of aromatic nitrogens is 3. The van der Waals surface area contributed by atoms with Crippen molar-refractivity contribution in [3.63, 3.8) is 0 Å². The van der Waals surface area contributed by atoms with Gasteiger partial charge in [0.15, 0.2) is 17.4 Å². The zero-order valence-corrected chi connectivity index (χ0v) is 20.2. The largest absolute Gasteiger partial charge is 0.487 e. The van der Waals surface area contributed by atoms with Gasteiger partial charge >= 0.3 is 0 Å². The Labute approximate surface area is 207 Å². The highest BCUT2D eigenvalue weighted by Gasteiger charge is 2.28. The van der Waals surface area contributed by atoms with E-state index in [-0.39, 0.29) is 23.3 Å². The van der Waals surface area contributed by atoms with Gasteiger partial charge in [-0.2, -0.15) is 0 Å². The first-order valence-corrected chi connectivity index (χ1v) is 12.0. The Balaban J connectivity index is 1.42. The summed E-state index contributed by atoms with van der Waals surface area (Å²) in [5, 5.41) is 0. The van der Waals surface area contributed by atoms with Crippen LogP contribution in [0, 0.1) is 11.6 Å². The Morgan fingerprint density at radius 3 is 2.53 bits per heavy atom. The lowest BCUT2D eigenvalue weighted by Gasteiger charge is -2.35. The number of carbonyl (C=O) groups is 1. The van der Waals surface area contributed by atoms with Crippen molar-refractivity contribution in [3.05, 3.63) is 69.9 Å². The second kappa shape index (κ2) is 9.67. The molecular formula is C26H27F2N5O3. The van der Waals surface area contributed by atoms with Gasteiger partial charge in [0.2, 0.25) is 5.91 Å². The third-order valence-corrected chi connectivity index (χ3v) is 6.74. The minimum atomic E-state index is -0.717. The van der Waals surface area contributed by atoms with Gasteiger partial charge in [-0.1, -0.05) is 0 Å². The highest BCUT2D eigenvalue weighted by molar-refractivity contribution is 5.75. The van der Waals surface area contributed by atoms with E-state index in [0.717, 1.165) is 17.5 Å². The van der Waals surface area contributed by atoms with Crippen LogP contribution < -0.4 is 15.2 Å². The SMILES string of the molecule is CC(=O)N1CCc2nc(N3CCC(Oc4ccc(F)cc4F)CC3)c(-c3ccn(C)c(=O)c3)nc2C1. The maximum Gasteiger partial charge on any atom is 0.250 e. The van der Waals surface area contributed by atoms with E-state index in [1.54, 1.807) is 31.1 Å². The number of ether oxygens (including phenoxy) is 1. The summed E-state index contributed by atoms with van der Waals surface area (Å²) in [5.74, 6) is -0.647. The van der Waals surface area contributed by atoms with Crippen LogP contribution in [0.5, 0.6) is 5.75 Å². The number of amides is 1. The van der Waals surface area contributed by atoms with Gasteiger partial charge in [-0.15, -0.1) is 0 Å². The third-order valence-electron chi connectivity index (χ3n) is 6.74. The molecule has 188 valence electrons. The average molecular weight is 496 g/mol. The lowest BCUT2D eigenvalue weighted by atomic mass is 10.0. The molecule has 0 radical (unpaired) electrons. The number of aryl methyl sites for hydroxylation is 1. The number of benzene rings is 1. The van der Waals surface area contributed by atoms with Gasteiger partial charge in [0.25, 0.3) is 5.56 Å². The van der Waals surface area contributed by atoms with Gasteiger partial charge in [0, 0.05) is 76.8 Å². The number of fused-ring (bicyclic) bond motifs is 1. The second-order valence-corrected chi connectivity index (χ2v) is 9.22. The minimum Gasteiger partial charge on any atom is -0.487 e. The van der Waals surface area contributed by atoms with Crippen LogP contribution in [0.15, 0.2) is 41.3 Å². The van der Waals surface area contributed by atoms with Crippen LogP contribution in [0.2, 0.25) is 0 Å². The van der Waals surface area contributed by atoms with Crippen molar-refractivity contribution in [1.82, 2.24) is 19.4 Å². The summed E-state index contributed by atoms with van der Waals surface area (Å²) in [7, 11) is 1.69. The fourth-order valence-corrected chi connectivity index (χ4v) is 4.64. The van der Waals surface area contributed by atoms with Crippen molar-refractivity contribution >= 4 is 11.7 Å². The van der Waals surface area contributed by atoms with Crippen molar-refractivity contribution in [2.24, 2.45) is 7.05 Å². The van der Waals surface area contributed by atoms with E-state index in [4.69, 9.17) is 14.7 Å². The Hall–Kier alpha value is -3.82.